The van der Waals surface area contributed by atoms with Crippen LogP contribution in [0.2, 0.25) is 0 Å². The minimum absolute atomic E-state index is 0.00552. The van der Waals surface area contributed by atoms with E-state index in [1.807, 2.05) is 6.07 Å². The summed E-state index contributed by atoms with van der Waals surface area (Å²) in [5.41, 5.74) is 8.06. The van der Waals surface area contributed by atoms with Gasteiger partial charge in [-0.3, -0.25) is 4.79 Å². The van der Waals surface area contributed by atoms with Crippen LogP contribution in [0.4, 0.5) is 11.6 Å². The van der Waals surface area contributed by atoms with Crippen LogP contribution in [0, 0.1) is 6.92 Å². The number of benzene rings is 1. The van der Waals surface area contributed by atoms with Crippen molar-refractivity contribution in [2.45, 2.75) is 38.1 Å². The van der Waals surface area contributed by atoms with E-state index in [1.165, 1.54) is 11.1 Å². The fourth-order valence-corrected chi connectivity index (χ4v) is 2.92. The second-order valence-electron chi connectivity index (χ2n) is 5.63. The van der Waals surface area contributed by atoms with Crippen LogP contribution in [0.1, 0.15) is 36.3 Å². The minimum Gasteiger partial charge on any atom is -0.378 e. The molecule has 0 bridgehead atoms. The van der Waals surface area contributed by atoms with Crippen LogP contribution in [-0.2, 0) is 4.79 Å². The van der Waals surface area contributed by atoms with Gasteiger partial charge in [-0.15, -0.1) is 0 Å². The van der Waals surface area contributed by atoms with Gasteiger partial charge in [0.2, 0.25) is 11.6 Å². The first-order valence-corrected chi connectivity index (χ1v) is 7.04. The number of rotatable bonds is 3. The van der Waals surface area contributed by atoms with Gasteiger partial charge < -0.3 is 11.1 Å². The number of Topliss-reactive ketones (excluding diaryl/α,β-unsaturated/α-hetero) is 1. The highest BCUT2D eigenvalue weighted by Gasteiger charge is 2.29. The molecule has 2 atom stereocenters. The fraction of sp³-hybridized carbons (Fsp3) is 0.400. The standard InChI is InChI=1S/C15H18N4O2/c1-9-3-2-4-10(5-9)11-6-12(8-13(20)7-11)17-15-14(16)18-21-19-15/h2-5,11-12H,6-8H2,1H3,(H2,16,18)(H,17,19)/t11-,12+/m0/s1. The van der Waals surface area contributed by atoms with Gasteiger partial charge >= 0.3 is 0 Å². The van der Waals surface area contributed by atoms with Crippen molar-refractivity contribution in [3.63, 3.8) is 0 Å². The number of hydrogen-bond donors (Lipinski definition) is 2. The number of ketones is 1. The maximum atomic E-state index is 12.0. The van der Waals surface area contributed by atoms with Gasteiger partial charge in [-0.2, -0.15) is 0 Å². The molecule has 1 saturated carbocycles. The molecule has 1 aromatic heterocycles. The molecule has 0 spiro atoms. The summed E-state index contributed by atoms with van der Waals surface area (Å²) in [4.78, 5) is 12.0. The van der Waals surface area contributed by atoms with Crippen LogP contribution in [-0.4, -0.2) is 22.1 Å². The first-order chi connectivity index (χ1) is 10.1. The largest absolute Gasteiger partial charge is 0.378 e. The fourth-order valence-electron chi connectivity index (χ4n) is 2.92. The van der Waals surface area contributed by atoms with E-state index < -0.39 is 0 Å². The molecule has 21 heavy (non-hydrogen) atoms. The molecule has 2 aromatic rings. The summed E-state index contributed by atoms with van der Waals surface area (Å²) in [7, 11) is 0. The molecule has 0 unspecified atom stereocenters. The van der Waals surface area contributed by atoms with Crippen LogP contribution in [0.3, 0.4) is 0 Å². The average Bonchev–Trinajstić information content (AvgIpc) is 2.84. The zero-order chi connectivity index (χ0) is 14.8. The Morgan fingerprint density at radius 1 is 1.33 bits per heavy atom. The van der Waals surface area contributed by atoms with E-state index >= 15 is 0 Å². The zero-order valence-corrected chi connectivity index (χ0v) is 11.9. The molecule has 3 N–H and O–H groups in total. The summed E-state index contributed by atoms with van der Waals surface area (Å²) in [5, 5.41) is 10.4. The van der Waals surface area contributed by atoms with Crippen LogP contribution >= 0.6 is 0 Å². The molecule has 1 fully saturated rings. The summed E-state index contributed by atoms with van der Waals surface area (Å²) in [5.74, 6) is 1.11. The molecule has 6 heteroatoms. The molecular formula is C15H18N4O2. The normalized spacial score (nSPS) is 22.2. The highest BCUT2D eigenvalue weighted by Crippen LogP contribution is 2.33. The predicted octanol–water partition coefficient (Wildman–Crippen LogP) is 2.28. The molecule has 1 aromatic carbocycles. The lowest BCUT2D eigenvalue weighted by Gasteiger charge is -2.29. The van der Waals surface area contributed by atoms with E-state index in [0.717, 1.165) is 6.42 Å². The van der Waals surface area contributed by atoms with Crippen LogP contribution < -0.4 is 11.1 Å². The molecule has 0 saturated heterocycles. The molecule has 0 aliphatic heterocycles. The van der Waals surface area contributed by atoms with Gasteiger partial charge in [0.1, 0.15) is 5.78 Å². The molecule has 1 heterocycles. The molecule has 110 valence electrons. The van der Waals surface area contributed by atoms with Gasteiger partial charge in [-0.25, -0.2) is 4.63 Å². The topological polar surface area (TPSA) is 94.0 Å². The molecule has 3 rings (SSSR count). The third-order valence-electron chi connectivity index (χ3n) is 3.89. The van der Waals surface area contributed by atoms with E-state index in [9.17, 15) is 4.79 Å². The van der Waals surface area contributed by atoms with Crippen LogP contribution in [0.5, 0.6) is 0 Å². The quantitative estimate of drug-likeness (QED) is 0.899. The number of nitrogens with two attached hydrogens (primary N) is 1. The Labute approximate surface area is 122 Å². The average molecular weight is 286 g/mol. The molecule has 0 radical (unpaired) electrons. The minimum atomic E-state index is 0.00552. The van der Waals surface area contributed by atoms with E-state index in [4.69, 9.17) is 5.73 Å². The lowest BCUT2D eigenvalue weighted by Crippen LogP contribution is -2.31. The van der Waals surface area contributed by atoms with Crippen molar-refractivity contribution < 1.29 is 9.42 Å². The number of nitrogens with one attached hydrogen (secondary N) is 1. The number of aryl methyl sites for hydroxylation is 1. The second-order valence-corrected chi connectivity index (χ2v) is 5.63. The molecular weight excluding hydrogens is 268 g/mol. The van der Waals surface area contributed by atoms with Gasteiger partial charge in [-0.1, -0.05) is 29.8 Å². The summed E-state index contributed by atoms with van der Waals surface area (Å²) < 4.78 is 4.57. The number of carbonyl (C=O) groups is 1. The van der Waals surface area contributed by atoms with Gasteiger partial charge in [0.15, 0.2) is 0 Å². The van der Waals surface area contributed by atoms with Crippen molar-refractivity contribution in [2.75, 3.05) is 11.1 Å². The van der Waals surface area contributed by atoms with Gasteiger partial charge in [0.05, 0.1) is 0 Å². The summed E-state index contributed by atoms with van der Waals surface area (Å²) in [6.45, 7) is 2.06. The maximum absolute atomic E-state index is 12.0. The predicted molar refractivity (Wildman–Crippen MR) is 78.9 cm³/mol. The van der Waals surface area contributed by atoms with Crippen molar-refractivity contribution in [3.8, 4) is 0 Å². The van der Waals surface area contributed by atoms with E-state index in [0.29, 0.717) is 18.7 Å². The second kappa shape index (κ2) is 5.55. The SMILES string of the molecule is Cc1cccc([C@@H]2CC(=O)C[C@H](Nc3nonc3N)C2)c1. The molecule has 1 aliphatic carbocycles. The van der Waals surface area contributed by atoms with Crippen molar-refractivity contribution in [2.24, 2.45) is 0 Å². The first kappa shape index (κ1) is 13.6. The van der Waals surface area contributed by atoms with Crippen molar-refractivity contribution in [3.05, 3.63) is 35.4 Å². The van der Waals surface area contributed by atoms with Gasteiger partial charge in [0.25, 0.3) is 0 Å². The van der Waals surface area contributed by atoms with Crippen LogP contribution in [0.15, 0.2) is 28.9 Å². The third-order valence-corrected chi connectivity index (χ3v) is 3.89. The Kier molecular flexibility index (Phi) is 3.60. The number of nitrogen functional groups attached to an aromatic ring is 1. The summed E-state index contributed by atoms with van der Waals surface area (Å²) in [6.07, 6.45) is 1.93. The van der Waals surface area contributed by atoms with Crippen LogP contribution in [0.25, 0.3) is 0 Å². The van der Waals surface area contributed by atoms with E-state index in [2.05, 4.69) is 45.4 Å². The first-order valence-electron chi connectivity index (χ1n) is 7.04. The molecule has 0 amide bonds. The smallest absolute Gasteiger partial charge is 0.215 e. The Morgan fingerprint density at radius 3 is 2.90 bits per heavy atom. The Hall–Kier alpha value is -2.37. The zero-order valence-electron chi connectivity index (χ0n) is 11.9. The lowest BCUT2D eigenvalue weighted by atomic mass is 9.80. The van der Waals surface area contributed by atoms with Crippen molar-refractivity contribution >= 4 is 17.4 Å². The van der Waals surface area contributed by atoms with Crippen molar-refractivity contribution in [1.82, 2.24) is 10.3 Å². The lowest BCUT2D eigenvalue weighted by molar-refractivity contribution is -0.120. The number of nitrogens with zero attached hydrogens (tertiary/aromatic N) is 2. The monoisotopic (exact) mass is 286 g/mol. The van der Waals surface area contributed by atoms with E-state index in [-0.39, 0.29) is 23.6 Å². The molecule has 6 nitrogen and oxygen atoms in total. The van der Waals surface area contributed by atoms with E-state index in [1.54, 1.807) is 0 Å². The van der Waals surface area contributed by atoms with Gasteiger partial charge in [-0.05, 0) is 35.1 Å². The number of hydrogen-bond acceptors (Lipinski definition) is 6. The summed E-state index contributed by atoms with van der Waals surface area (Å²) >= 11 is 0. The summed E-state index contributed by atoms with van der Waals surface area (Å²) in [6, 6.07) is 8.33. The maximum Gasteiger partial charge on any atom is 0.215 e. The van der Waals surface area contributed by atoms with Crippen molar-refractivity contribution in [1.29, 1.82) is 0 Å². The highest BCUT2D eigenvalue weighted by atomic mass is 16.6. The number of anilines is 2. The highest BCUT2D eigenvalue weighted by molar-refractivity contribution is 5.81. The number of carbonyl (C=O) groups excluding carboxylic acids is 1. The third kappa shape index (κ3) is 3.04. The Bertz CT molecular complexity index is 653. The number of aromatic nitrogens is 2. The Morgan fingerprint density at radius 2 is 2.19 bits per heavy atom. The Balaban J connectivity index is 1.75. The van der Waals surface area contributed by atoms with Gasteiger partial charge in [0, 0.05) is 18.9 Å². The molecule has 1 aliphatic rings.